The molecule has 0 aliphatic rings. The second-order valence-electron chi connectivity index (χ2n) is 3.17. The SMILES string of the molecule is CC(O)C(=O)On1nc2ccc(Cl)cc2n1. The van der Waals surface area contributed by atoms with E-state index in [1.165, 1.54) is 6.92 Å². The second kappa shape index (κ2) is 4.07. The average Bonchev–Trinajstić information content (AvgIpc) is 2.58. The molecule has 1 aromatic heterocycles. The van der Waals surface area contributed by atoms with Crippen molar-refractivity contribution < 1.29 is 14.7 Å². The molecule has 0 bridgehead atoms. The van der Waals surface area contributed by atoms with E-state index in [2.05, 4.69) is 15.0 Å². The lowest BCUT2D eigenvalue weighted by atomic mass is 10.3. The highest BCUT2D eigenvalue weighted by atomic mass is 35.5. The molecular weight excluding hydrogens is 234 g/mol. The van der Waals surface area contributed by atoms with Crippen LogP contribution in [0.1, 0.15) is 6.92 Å². The van der Waals surface area contributed by atoms with Gasteiger partial charge in [-0.05, 0) is 25.1 Å². The zero-order valence-electron chi connectivity index (χ0n) is 8.29. The van der Waals surface area contributed by atoms with Gasteiger partial charge in [0, 0.05) is 9.98 Å². The average molecular weight is 242 g/mol. The van der Waals surface area contributed by atoms with E-state index in [9.17, 15) is 4.79 Å². The molecule has 0 saturated heterocycles. The summed E-state index contributed by atoms with van der Waals surface area (Å²) < 4.78 is 0. The Labute approximate surface area is 95.3 Å². The fourth-order valence-electron chi connectivity index (χ4n) is 1.07. The fourth-order valence-corrected chi connectivity index (χ4v) is 1.23. The van der Waals surface area contributed by atoms with Crippen molar-refractivity contribution in [1.82, 2.24) is 15.2 Å². The van der Waals surface area contributed by atoms with Crippen molar-refractivity contribution in [3.8, 4) is 0 Å². The van der Waals surface area contributed by atoms with Crippen molar-refractivity contribution in [2.45, 2.75) is 13.0 Å². The Morgan fingerprint density at radius 2 is 2.19 bits per heavy atom. The maximum Gasteiger partial charge on any atom is 0.364 e. The molecule has 6 nitrogen and oxygen atoms in total. The molecule has 1 N–H and O–H groups in total. The minimum absolute atomic E-state index is 0.505. The Kier molecular flexibility index (Phi) is 2.76. The van der Waals surface area contributed by atoms with Crippen molar-refractivity contribution in [2.24, 2.45) is 0 Å². The van der Waals surface area contributed by atoms with Crippen molar-refractivity contribution in [3.05, 3.63) is 23.2 Å². The minimum Gasteiger partial charge on any atom is -0.382 e. The van der Waals surface area contributed by atoms with Crippen molar-refractivity contribution in [1.29, 1.82) is 0 Å². The Morgan fingerprint density at radius 1 is 1.50 bits per heavy atom. The first kappa shape index (κ1) is 10.8. The topological polar surface area (TPSA) is 77.2 Å². The zero-order valence-corrected chi connectivity index (χ0v) is 9.05. The highest BCUT2D eigenvalue weighted by Gasteiger charge is 2.13. The number of carbonyl (C=O) groups excluding carboxylic acids is 1. The van der Waals surface area contributed by atoms with Gasteiger partial charge in [-0.15, -0.1) is 10.2 Å². The molecule has 0 radical (unpaired) electrons. The molecule has 1 heterocycles. The van der Waals surface area contributed by atoms with Crippen LogP contribution in [0.4, 0.5) is 0 Å². The molecule has 16 heavy (non-hydrogen) atoms. The van der Waals surface area contributed by atoms with Gasteiger partial charge in [-0.2, -0.15) is 0 Å². The Hall–Kier alpha value is -1.66. The van der Waals surface area contributed by atoms with Crippen LogP contribution in [0, 0.1) is 0 Å². The van der Waals surface area contributed by atoms with Crippen LogP contribution in [0.3, 0.4) is 0 Å². The van der Waals surface area contributed by atoms with E-state index in [1.54, 1.807) is 18.2 Å². The van der Waals surface area contributed by atoms with Crippen LogP contribution >= 0.6 is 11.6 Å². The predicted molar refractivity (Wildman–Crippen MR) is 55.8 cm³/mol. The summed E-state index contributed by atoms with van der Waals surface area (Å²) in [6.07, 6.45) is -1.22. The molecular formula is C9H8ClN3O3. The number of halogens is 1. The molecule has 1 aromatic carbocycles. The van der Waals surface area contributed by atoms with Gasteiger partial charge in [0.25, 0.3) is 0 Å². The lowest BCUT2D eigenvalue weighted by Gasteiger charge is -2.01. The summed E-state index contributed by atoms with van der Waals surface area (Å²) in [5.74, 6) is -0.827. The van der Waals surface area contributed by atoms with Crippen molar-refractivity contribution in [3.63, 3.8) is 0 Å². The van der Waals surface area contributed by atoms with E-state index >= 15 is 0 Å². The largest absolute Gasteiger partial charge is 0.382 e. The van der Waals surface area contributed by atoms with Crippen LogP contribution in [0.2, 0.25) is 5.02 Å². The second-order valence-corrected chi connectivity index (χ2v) is 3.61. The summed E-state index contributed by atoms with van der Waals surface area (Å²) in [5, 5.41) is 17.2. The van der Waals surface area contributed by atoms with Gasteiger partial charge < -0.3 is 5.11 Å². The number of fused-ring (bicyclic) bond motifs is 1. The van der Waals surface area contributed by atoms with Crippen LogP contribution in [0.25, 0.3) is 11.0 Å². The number of hydrogen-bond acceptors (Lipinski definition) is 5. The molecule has 84 valence electrons. The van der Waals surface area contributed by atoms with Gasteiger partial charge in [-0.1, -0.05) is 11.6 Å². The first-order chi connectivity index (χ1) is 7.56. The van der Waals surface area contributed by atoms with Gasteiger partial charge in [-0.25, -0.2) is 4.79 Å². The number of carbonyl (C=O) groups is 1. The summed E-state index contributed by atoms with van der Waals surface area (Å²) in [7, 11) is 0. The highest BCUT2D eigenvalue weighted by molar-refractivity contribution is 6.31. The van der Waals surface area contributed by atoms with E-state index in [1.807, 2.05) is 0 Å². The number of hydrogen-bond donors (Lipinski definition) is 1. The third kappa shape index (κ3) is 2.12. The van der Waals surface area contributed by atoms with Crippen molar-refractivity contribution in [2.75, 3.05) is 0 Å². The normalized spacial score (nSPS) is 12.7. The fraction of sp³-hybridized carbons (Fsp3) is 0.222. The van der Waals surface area contributed by atoms with E-state index < -0.39 is 12.1 Å². The van der Waals surface area contributed by atoms with Gasteiger partial charge in [0.05, 0.1) is 0 Å². The standard InChI is InChI=1S/C9H8ClN3O3/c1-5(14)9(15)16-13-11-7-3-2-6(10)4-8(7)12-13/h2-5,14H,1H3. The van der Waals surface area contributed by atoms with Gasteiger partial charge in [-0.3, -0.25) is 4.84 Å². The first-order valence-corrected chi connectivity index (χ1v) is 4.87. The maximum atomic E-state index is 11.1. The molecule has 0 fully saturated rings. The third-order valence-electron chi connectivity index (χ3n) is 1.84. The number of benzene rings is 1. The van der Waals surface area contributed by atoms with Crippen LogP contribution in [-0.2, 0) is 4.79 Å². The third-order valence-corrected chi connectivity index (χ3v) is 2.07. The first-order valence-electron chi connectivity index (χ1n) is 4.49. The molecule has 0 aliphatic carbocycles. The molecule has 0 amide bonds. The molecule has 0 saturated carbocycles. The Balaban J connectivity index is 2.29. The molecule has 0 aliphatic heterocycles. The molecule has 2 aromatic rings. The summed E-state index contributed by atoms with van der Waals surface area (Å²) in [6, 6.07) is 4.90. The quantitative estimate of drug-likeness (QED) is 0.825. The molecule has 7 heteroatoms. The smallest absolute Gasteiger partial charge is 0.364 e. The molecule has 1 atom stereocenters. The lowest BCUT2D eigenvalue weighted by molar-refractivity contribution is -0.156. The van der Waals surface area contributed by atoms with E-state index in [-0.39, 0.29) is 0 Å². The number of aliphatic hydroxyl groups excluding tert-OH is 1. The lowest BCUT2D eigenvalue weighted by Crippen LogP contribution is -2.30. The van der Waals surface area contributed by atoms with E-state index in [0.29, 0.717) is 16.1 Å². The minimum atomic E-state index is -1.22. The number of aromatic nitrogens is 3. The summed E-state index contributed by atoms with van der Waals surface area (Å²) in [6.45, 7) is 1.29. The van der Waals surface area contributed by atoms with E-state index in [4.69, 9.17) is 16.7 Å². The maximum absolute atomic E-state index is 11.1. The van der Waals surface area contributed by atoms with Gasteiger partial charge in [0.1, 0.15) is 11.0 Å². The van der Waals surface area contributed by atoms with Gasteiger partial charge >= 0.3 is 5.97 Å². The molecule has 2 rings (SSSR count). The van der Waals surface area contributed by atoms with Gasteiger partial charge in [0.15, 0.2) is 6.10 Å². The Bertz CT molecular complexity index is 538. The van der Waals surface area contributed by atoms with Crippen LogP contribution in [0.5, 0.6) is 0 Å². The number of aliphatic hydroxyl groups is 1. The summed E-state index contributed by atoms with van der Waals surface area (Å²) in [4.78, 5) is 16.5. The molecule has 1 unspecified atom stereocenters. The van der Waals surface area contributed by atoms with Crippen LogP contribution in [-0.4, -0.2) is 32.3 Å². The van der Waals surface area contributed by atoms with Crippen molar-refractivity contribution >= 4 is 28.6 Å². The summed E-state index contributed by atoms with van der Waals surface area (Å²) in [5.41, 5.74) is 1.05. The van der Waals surface area contributed by atoms with E-state index in [0.717, 1.165) is 4.96 Å². The van der Waals surface area contributed by atoms with Crippen LogP contribution < -0.4 is 4.84 Å². The Morgan fingerprint density at radius 3 is 2.88 bits per heavy atom. The molecule has 0 spiro atoms. The van der Waals surface area contributed by atoms with Crippen LogP contribution in [0.15, 0.2) is 18.2 Å². The zero-order chi connectivity index (χ0) is 11.7. The summed E-state index contributed by atoms with van der Waals surface area (Å²) >= 11 is 5.76. The van der Waals surface area contributed by atoms with Gasteiger partial charge in [0.2, 0.25) is 0 Å². The highest BCUT2D eigenvalue weighted by Crippen LogP contribution is 2.14. The monoisotopic (exact) mass is 241 g/mol. The predicted octanol–water partition coefficient (Wildman–Crippen LogP) is 0.421. The number of rotatable bonds is 2. The number of nitrogens with zero attached hydrogens (tertiary/aromatic N) is 3.